The molecule has 2 amide bonds. The van der Waals surface area contributed by atoms with Crippen molar-refractivity contribution in [2.45, 2.75) is 32.1 Å². The molecule has 0 atom stereocenters. The summed E-state index contributed by atoms with van der Waals surface area (Å²) in [5.74, 6) is 0.544. The van der Waals surface area contributed by atoms with Crippen molar-refractivity contribution in [3.8, 4) is 0 Å². The molecule has 4 rings (SSSR count). The zero-order valence-electron chi connectivity index (χ0n) is 19.2. The first kappa shape index (κ1) is 23.1. The highest BCUT2D eigenvalue weighted by Gasteiger charge is 2.22. The van der Waals surface area contributed by atoms with Crippen molar-refractivity contribution in [1.29, 1.82) is 0 Å². The standard InChI is InChI=1S/C27H34N4O2/c32-26(21-31-27(33)13-12-25(29-31)24-10-5-2-6-11-24)28-16-7-17-30-18-14-23(15-19-30)20-22-8-3-1-4-9-22/h1-6,8-12,23,29H,7,13-21H2,(H,28,32). The van der Waals surface area contributed by atoms with Crippen LogP contribution in [0.4, 0.5) is 0 Å². The predicted octanol–water partition coefficient (Wildman–Crippen LogP) is 3.23. The van der Waals surface area contributed by atoms with E-state index in [0.29, 0.717) is 13.0 Å². The van der Waals surface area contributed by atoms with Crippen LogP contribution in [0.3, 0.4) is 0 Å². The van der Waals surface area contributed by atoms with Crippen LogP contribution >= 0.6 is 0 Å². The number of hydrazine groups is 1. The van der Waals surface area contributed by atoms with Gasteiger partial charge >= 0.3 is 0 Å². The Morgan fingerprint density at radius 1 is 1.00 bits per heavy atom. The van der Waals surface area contributed by atoms with E-state index in [1.54, 1.807) is 0 Å². The van der Waals surface area contributed by atoms with Crippen molar-refractivity contribution < 1.29 is 9.59 Å². The van der Waals surface area contributed by atoms with Gasteiger partial charge in [0, 0.05) is 13.0 Å². The molecule has 6 heteroatoms. The maximum absolute atomic E-state index is 12.4. The van der Waals surface area contributed by atoms with Gasteiger partial charge in [0.15, 0.2) is 0 Å². The first-order valence-corrected chi connectivity index (χ1v) is 12.0. The molecule has 2 aliphatic heterocycles. The number of hydrogen-bond donors (Lipinski definition) is 2. The maximum atomic E-state index is 12.4. The highest BCUT2D eigenvalue weighted by molar-refractivity contribution is 5.88. The smallest absolute Gasteiger partial charge is 0.245 e. The number of amides is 2. The lowest BCUT2D eigenvalue weighted by Crippen LogP contribution is -2.49. The molecule has 6 nitrogen and oxygen atoms in total. The number of benzene rings is 2. The average molecular weight is 447 g/mol. The van der Waals surface area contributed by atoms with Crippen LogP contribution in [0.15, 0.2) is 66.7 Å². The third-order valence-corrected chi connectivity index (χ3v) is 6.47. The number of likely N-dealkylation sites (tertiary alicyclic amines) is 1. The van der Waals surface area contributed by atoms with E-state index in [9.17, 15) is 9.59 Å². The van der Waals surface area contributed by atoms with Crippen LogP contribution in [0, 0.1) is 5.92 Å². The van der Waals surface area contributed by atoms with E-state index in [-0.39, 0.29) is 18.4 Å². The number of carbonyl (C=O) groups excluding carboxylic acids is 2. The van der Waals surface area contributed by atoms with Gasteiger partial charge in [0.1, 0.15) is 6.54 Å². The van der Waals surface area contributed by atoms with Crippen molar-refractivity contribution in [3.63, 3.8) is 0 Å². The fourth-order valence-corrected chi connectivity index (χ4v) is 4.57. The lowest BCUT2D eigenvalue weighted by Gasteiger charge is -2.32. The second-order valence-electron chi connectivity index (χ2n) is 8.96. The van der Waals surface area contributed by atoms with Gasteiger partial charge in [-0.05, 0) is 68.4 Å². The lowest BCUT2D eigenvalue weighted by molar-refractivity contribution is -0.137. The van der Waals surface area contributed by atoms with Gasteiger partial charge in [0.25, 0.3) is 0 Å². The average Bonchev–Trinajstić information content (AvgIpc) is 2.85. The number of carbonyl (C=O) groups is 2. The molecule has 2 aromatic carbocycles. The Labute approximate surface area is 196 Å². The zero-order valence-corrected chi connectivity index (χ0v) is 19.2. The molecule has 0 aromatic heterocycles. The molecule has 0 aliphatic carbocycles. The molecule has 0 bridgehead atoms. The topological polar surface area (TPSA) is 64.7 Å². The first-order chi connectivity index (χ1) is 16.2. The summed E-state index contributed by atoms with van der Waals surface area (Å²) in [6.07, 6.45) is 6.74. The van der Waals surface area contributed by atoms with E-state index in [0.717, 1.165) is 43.2 Å². The molecule has 33 heavy (non-hydrogen) atoms. The van der Waals surface area contributed by atoms with E-state index < -0.39 is 0 Å². The van der Waals surface area contributed by atoms with Gasteiger partial charge in [-0.15, -0.1) is 0 Å². The van der Waals surface area contributed by atoms with Gasteiger partial charge in [0.2, 0.25) is 11.8 Å². The summed E-state index contributed by atoms with van der Waals surface area (Å²) in [5.41, 5.74) is 6.39. The van der Waals surface area contributed by atoms with Gasteiger partial charge in [-0.2, -0.15) is 0 Å². The molecule has 0 unspecified atom stereocenters. The fourth-order valence-electron chi connectivity index (χ4n) is 4.57. The maximum Gasteiger partial charge on any atom is 0.245 e. The minimum atomic E-state index is -0.133. The van der Waals surface area contributed by atoms with Crippen molar-refractivity contribution in [2.24, 2.45) is 5.92 Å². The summed E-state index contributed by atoms with van der Waals surface area (Å²) in [6.45, 7) is 3.92. The van der Waals surface area contributed by atoms with Crippen LogP contribution in [0.2, 0.25) is 0 Å². The van der Waals surface area contributed by atoms with Crippen LogP contribution in [-0.4, -0.2) is 54.4 Å². The van der Waals surface area contributed by atoms with Crippen LogP contribution < -0.4 is 10.7 Å². The van der Waals surface area contributed by atoms with Crippen molar-refractivity contribution in [3.05, 3.63) is 77.9 Å². The number of nitrogens with zero attached hydrogens (tertiary/aromatic N) is 2. The highest BCUT2D eigenvalue weighted by atomic mass is 16.2. The molecule has 0 radical (unpaired) electrons. The molecule has 1 fully saturated rings. The molecule has 1 saturated heterocycles. The van der Waals surface area contributed by atoms with Crippen LogP contribution in [0.25, 0.3) is 5.70 Å². The number of nitrogens with one attached hydrogen (secondary N) is 2. The minimum Gasteiger partial charge on any atom is -0.354 e. The van der Waals surface area contributed by atoms with Gasteiger partial charge < -0.3 is 10.2 Å². The number of piperidine rings is 1. The molecular formula is C27H34N4O2. The number of hydrogen-bond acceptors (Lipinski definition) is 4. The predicted molar refractivity (Wildman–Crippen MR) is 131 cm³/mol. The fraction of sp³-hybridized carbons (Fsp3) is 0.407. The van der Waals surface area contributed by atoms with Crippen molar-refractivity contribution in [2.75, 3.05) is 32.7 Å². The Bertz CT molecular complexity index is 937. The lowest BCUT2D eigenvalue weighted by atomic mass is 9.90. The summed E-state index contributed by atoms with van der Waals surface area (Å²) < 4.78 is 0. The van der Waals surface area contributed by atoms with E-state index in [1.165, 1.54) is 29.8 Å². The van der Waals surface area contributed by atoms with Crippen LogP contribution in [0.1, 0.15) is 36.8 Å². The Kier molecular flexibility index (Phi) is 8.14. The molecule has 2 aliphatic rings. The van der Waals surface area contributed by atoms with Crippen molar-refractivity contribution >= 4 is 17.5 Å². The first-order valence-electron chi connectivity index (χ1n) is 12.0. The molecule has 0 spiro atoms. The summed E-state index contributed by atoms with van der Waals surface area (Å²) in [6, 6.07) is 20.6. The third kappa shape index (κ3) is 6.93. The van der Waals surface area contributed by atoms with Gasteiger partial charge in [-0.3, -0.25) is 15.0 Å². The Balaban J connectivity index is 1.11. The molecule has 2 aromatic rings. The second-order valence-corrected chi connectivity index (χ2v) is 8.96. The molecule has 2 N–H and O–H groups in total. The highest BCUT2D eigenvalue weighted by Crippen LogP contribution is 2.21. The van der Waals surface area contributed by atoms with E-state index in [4.69, 9.17) is 0 Å². The quantitative estimate of drug-likeness (QED) is 0.581. The van der Waals surface area contributed by atoms with Crippen LogP contribution in [-0.2, 0) is 16.0 Å². The van der Waals surface area contributed by atoms with Crippen LogP contribution in [0.5, 0.6) is 0 Å². The van der Waals surface area contributed by atoms with E-state index in [1.807, 2.05) is 36.4 Å². The third-order valence-electron chi connectivity index (χ3n) is 6.47. The second kappa shape index (κ2) is 11.7. The summed E-state index contributed by atoms with van der Waals surface area (Å²) in [5, 5.41) is 4.38. The normalized spacial score (nSPS) is 17.4. The molecule has 0 saturated carbocycles. The zero-order chi connectivity index (χ0) is 22.9. The monoisotopic (exact) mass is 446 g/mol. The largest absolute Gasteiger partial charge is 0.354 e. The minimum absolute atomic E-state index is 0.0217. The van der Waals surface area contributed by atoms with E-state index in [2.05, 4.69) is 46.0 Å². The van der Waals surface area contributed by atoms with Gasteiger partial charge in [-0.25, -0.2) is 5.01 Å². The molecular weight excluding hydrogens is 412 g/mol. The number of rotatable bonds is 9. The SMILES string of the molecule is O=C(CN1NC(c2ccccc2)=CCC1=O)NCCCN1CCC(Cc2ccccc2)CC1. The van der Waals surface area contributed by atoms with Gasteiger partial charge in [0.05, 0.1) is 5.70 Å². The summed E-state index contributed by atoms with van der Waals surface area (Å²) in [4.78, 5) is 27.1. The summed E-state index contributed by atoms with van der Waals surface area (Å²) >= 11 is 0. The Morgan fingerprint density at radius 2 is 1.70 bits per heavy atom. The van der Waals surface area contributed by atoms with Gasteiger partial charge in [-0.1, -0.05) is 60.7 Å². The van der Waals surface area contributed by atoms with E-state index >= 15 is 0 Å². The summed E-state index contributed by atoms with van der Waals surface area (Å²) in [7, 11) is 0. The Morgan fingerprint density at radius 3 is 2.42 bits per heavy atom. The molecule has 2 heterocycles. The molecule has 174 valence electrons. The van der Waals surface area contributed by atoms with Crippen molar-refractivity contribution in [1.82, 2.24) is 20.7 Å². The Hall–Kier alpha value is -3.12.